The fraction of sp³-hybridized carbons (Fsp3) is 0.364. The third kappa shape index (κ3) is 2.70. The molecule has 0 radical (unpaired) electrons. The molecule has 0 aromatic carbocycles. The fourth-order valence-electron chi connectivity index (χ4n) is 1.51. The first-order valence-electron chi connectivity index (χ1n) is 5.39. The Balaban J connectivity index is 2.10. The van der Waals surface area contributed by atoms with Gasteiger partial charge in [-0.05, 0) is 13.8 Å². The molecule has 96 valence electrons. The molecule has 0 aliphatic heterocycles. The van der Waals surface area contributed by atoms with Gasteiger partial charge in [0, 0.05) is 24.3 Å². The molecule has 1 amide bonds. The normalized spacial score (nSPS) is 12.4. The van der Waals surface area contributed by atoms with Crippen molar-refractivity contribution in [3.63, 3.8) is 0 Å². The van der Waals surface area contributed by atoms with Crippen molar-refractivity contribution in [1.29, 1.82) is 0 Å². The van der Waals surface area contributed by atoms with Crippen LogP contribution in [-0.4, -0.2) is 20.7 Å². The van der Waals surface area contributed by atoms with Crippen molar-refractivity contribution in [1.82, 2.24) is 20.1 Å². The van der Waals surface area contributed by atoms with E-state index in [4.69, 9.17) is 11.6 Å². The van der Waals surface area contributed by atoms with Crippen LogP contribution in [-0.2, 0) is 7.05 Å². The smallest absolute Gasteiger partial charge is 0.273 e. The maximum atomic E-state index is 12.0. The molecule has 0 aliphatic carbocycles. The van der Waals surface area contributed by atoms with E-state index in [1.165, 1.54) is 16.0 Å². The van der Waals surface area contributed by atoms with Crippen molar-refractivity contribution in [2.24, 2.45) is 7.05 Å². The first kappa shape index (κ1) is 13.0. The largest absolute Gasteiger partial charge is 0.342 e. The van der Waals surface area contributed by atoms with E-state index in [1.54, 1.807) is 13.2 Å². The summed E-state index contributed by atoms with van der Waals surface area (Å²) in [5.74, 6) is -0.291. The molecule has 5 nitrogen and oxygen atoms in total. The number of thiazole rings is 1. The Kier molecular flexibility index (Phi) is 3.68. The summed E-state index contributed by atoms with van der Waals surface area (Å²) in [4.78, 5) is 16.3. The van der Waals surface area contributed by atoms with Gasteiger partial charge in [0.05, 0.1) is 11.1 Å². The molecule has 1 N–H and O–H groups in total. The number of nitrogens with zero attached hydrogens (tertiary/aromatic N) is 3. The van der Waals surface area contributed by atoms with Crippen LogP contribution in [0.2, 0.25) is 5.02 Å². The molecular formula is C11H13ClN4OS. The lowest BCUT2D eigenvalue weighted by Gasteiger charge is -2.09. The van der Waals surface area contributed by atoms with Crippen LogP contribution in [0.1, 0.15) is 34.2 Å². The molecule has 2 heterocycles. The highest BCUT2D eigenvalue weighted by molar-refractivity contribution is 7.09. The molecule has 2 rings (SSSR count). The molecule has 18 heavy (non-hydrogen) atoms. The zero-order chi connectivity index (χ0) is 13.3. The lowest BCUT2D eigenvalue weighted by molar-refractivity contribution is 0.0934. The van der Waals surface area contributed by atoms with Gasteiger partial charge in [-0.15, -0.1) is 11.3 Å². The predicted molar refractivity (Wildman–Crippen MR) is 71.0 cm³/mol. The molecule has 7 heteroatoms. The number of amides is 1. The highest BCUT2D eigenvalue weighted by Crippen LogP contribution is 2.19. The van der Waals surface area contributed by atoms with E-state index in [0.29, 0.717) is 5.02 Å². The number of carbonyl (C=O) groups is 1. The Morgan fingerprint density at radius 2 is 2.33 bits per heavy atom. The first-order chi connectivity index (χ1) is 8.47. The van der Waals surface area contributed by atoms with Crippen LogP contribution in [0.4, 0.5) is 0 Å². The highest BCUT2D eigenvalue weighted by atomic mass is 35.5. The van der Waals surface area contributed by atoms with Crippen LogP contribution >= 0.6 is 22.9 Å². The third-order valence-corrected chi connectivity index (χ3v) is 3.78. The van der Waals surface area contributed by atoms with Gasteiger partial charge >= 0.3 is 0 Å². The topological polar surface area (TPSA) is 59.8 Å². The third-order valence-electron chi connectivity index (χ3n) is 2.35. The minimum absolute atomic E-state index is 0.158. The number of halogens is 1. The van der Waals surface area contributed by atoms with E-state index < -0.39 is 0 Å². The minimum Gasteiger partial charge on any atom is -0.342 e. The summed E-state index contributed by atoms with van der Waals surface area (Å²) in [7, 11) is 1.72. The second-order valence-corrected chi connectivity index (χ2v) is 5.32. The summed E-state index contributed by atoms with van der Waals surface area (Å²) in [5, 5.41) is 10.0. The van der Waals surface area contributed by atoms with Crippen molar-refractivity contribution in [3.05, 3.63) is 33.0 Å². The summed E-state index contributed by atoms with van der Waals surface area (Å²) >= 11 is 7.44. The lowest BCUT2D eigenvalue weighted by atomic mass is 10.3. The number of hydrogen-bond acceptors (Lipinski definition) is 4. The average molecular weight is 285 g/mol. The van der Waals surface area contributed by atoms with E-state index in [-0.39, 0.29) is 17.6 Å². The van der Waals surface area contributed by atoms with E-state index in [1.807, 2.05) is 19.2 Å². The molecule has 2 aromatic heterocycles. The van der Waals surface area contributed by atoms with Gasteiger partial charge in [-0.2, -0.15) is 5.10 Å². The van der Waals surface area contributed by atoms with Crippen LogP contribution < -0.4 is 5.32 Å². The molecule has 2 aromatic rings. The molecule has 0 spiro atoms. The summed E-state index contributed by atoms with van der Waals surface area (Å²) in [6, 6.07) is -0.158. The zero-order valence-electron chi connectivity index (χ0n) is 10.3. The maximum Gasteiger partial charge on any atom is 0.273 e. The van der Waals surface area contributed by atoms with Gasteiger partial charge in [-0.3, -0.25) is 9.48 Å². The van der Waals surface area contributed by atoms with Gasteiger partial charge in [0.25, 0.3) is 5.91 Å². The maximum absolute atomic E-state index is 12.0. The van der Waals surface area contributed by atoms with Crippen molar-refractivity contribution >= 4 is 28.8 Å². The molecule has 0 saturated heterocycles. The quantitative estimate of drug-likeness (QED) is 0.941. The average Bonchev–Trinajstić information content (AvgIpc) is 2.84. The Hall–Kier alpha value is -1.40. The van der Waals surface area contributed by atoms with Gasteiger partial charge in [0.2, 0.25) is 0 Å². The Morgan fingerprint density at radius 1 is 1.61 bits per heavy atom. The van der Waals surface area contributed by atoms with Crippen LogP contribution in [0, 0.1) is 6.92 Å². The lowest BCUT2D eigenvalue weighted by Crippen LogP contribution is -2.27. The number of hydrogen-bond donors (Lipinski definition) is 1. The molecular weight excluding hydrogens is 272 g/mol. The van der Waals surface area contributed by atoms with Crippen molar-refractivity contribution < 1.29 is 4.79 Å². The Bertz CT molecular complexity index is 577. The molecule has 0 saturated carbocycles. The van der Waals surface area contributed by atoms with Gasteiger partial charge in [0.15, 0.2) is 5.69 Å². The standard InChI is InChI=1S/C11H13ClN4OS/c1-6-5-18-11(13-6)7(2)14-10(17)9-8(12)4-16(3)15-9/h4-5,7H,1-3H3,(H,14,17)/t7-/m1/s1. The number of nitrogens with one attached hydrogen (secondary N) is 1. The van der Waals surface area contributed by atoms with Crippen LogP contribution in [0.25, 0.3) is 0 Å². The van der Waals surface area contributed by atoms with E-state index in [9.17, 15) is 4.79 Å². The van der Waals surface area contributed by atoms with Crippen LogP contribution in [0.3, 0.4) is 0 Å². The monoisotopic (exact) mass is 284 g/mol. The van der Waals surface area contributed by atoms with Crippen LogP contribution in [0.5, 0.6) is 0 Å². The number of carbonyl (C=O) groups excluding carboxylic acids is 1. The molecule has 0 unspecified atom stereocenters. The molecule has 0 bridgehead atoms. The van der Waals surface area contributed by atoms with Crippen molar-refractivity contribution in [3.8, 4) is 0 Å². The molecule has 1 atom stereocenters. The van der Waals surface area contributed by atoms with Crippen LogP contribution in [0.15, 0.2) is 11.6 Å². The number of rotatable bonds is 3. The van der Waals surface area contributed by atoms with Gasteiger partial charge in [0.1, 0.15) is 5.01 Å². The SMILES string of the molecule is Cc1csc([C@@H](C)NC(=O)c2nn(C)cc2Cl)n1. The molecule has 0 fully saturated rings. The van der Waals surface area contributed by atoms with Crippen molar-refractivity contribution in [2.75, 3.05) is 0 Å². The second-order valence-electron chi connectivity index (χ2n) is 4.02. The summed E-state index contributed by atoms with van der Waals surface area (Å²) < 4.78 is 1.51. The molecule has 0 aliphatic rings. The van der Waals surface area contributed by atoms with Gasteiger partial charge in [-0.25, -0.2) is 4.98 Å². The minimum atomic E-state index is -0.291. The van der Waals surface area contributed by atoms with Gasteiger partial charge in [-0.1, -0.05) is 11.6 Å². The fourth-order valence-corrected chi connectivity index (χ4v) is 2.58. The number of aryl methyl sites for hydroxylation is 2. The predicted octanol–water partition coefficient (Wildman–Crippen LogP) is 2.33. The van der Waals surface area contributed by atoms with Crippen molar-refractivity contribution in [2.45, 2.75) is 19.9 Å². The number of aromatic nitrogens is 3. The summed E-state index contributed by atoms with van der Waals surface area (Å²) in [5.41, 5.74) is 1.19. The van der Waals surface area contributed by atoms with E-state index >= 15 is 0 Å². The Labute approximate surface area is 114 Å². The zero-order valence-corrected chi connectivity index (χ0v) is 11.8. The second kappa shape index (κ2) is 5.07. The summed E-state index contributed by atoms with van der Waals surface area (Å²) in [6.07, 6.45) is 1.59. The summed E-state index contributed by atoms with van der Waals surface area (Å²) in [6.45, 7) is 3.80. The highest BCUT2D eigenvalue weighted by Gasteiger charge is 2.18. The van der Waals surface area contributed by atoms with Gasteiger partial charge < -0.3 is 5.32 Å². The van der Waals surface area contributed by atoms with E-state index in [0.717, 1.165) is 10.7 Å². The first-order valence-corrected chi connectivity index (χ1v) is 6.65. The Morgan fingerprint density at radius 3 is 2.83 bits per heavy atom. The van der Waals surface area contributed by atoms with E-state index in [2.05, 4.69) is 15.4 Å².